The molecule has 5 heteroatoms. The van der Waals surface area contributed by atoms with E-state index in [4.69, 9.17) is 9.15 Å². The van der Waals surface area contributed by atoms with Gasteiger partial charge in [0.1, 0.15) is 17.9 Å². The lowest BCUT2D eigenvalue weighted by Crippen LogP contribution is -2.29. The molecule has 0 amide bonds. The number of para-hydroxylation sites is 1. The number of aliphatic carboxylic acids is 1. The third-order valence-electron chi connectivity index (χ3n) is 3.32. The van der Waals surface area contributed by atoms with Crippen molar-refractivity contribution in [3.8, 4) is 17.2 Å². The first-order valence-corrected chi connectivity index (χ1v) is 6.84. The summed E-state index contributed by atoms with van der Waals surface area (Å²) in [6, 6.07) is 11.2. The molecule has 3 rings (SSSR count). The summed E-state index contributed by atoms with van der Waals surface area (Å²) < 4.78 is 11.1. The first-order chi connectivity index (χ1) is 10.5. The smallest absolute Gasteiger partial charge is 0.231 e. The predicted octanol–water partition coefficient (Wildman–Crippen LogP) is 2.24. The van der Waals surface area contributed by atoms with Crippen LogP contribution in [0.5, 0.6) is 5.75 Å². The van der Waals surface area contributed by atoms with E-state index in [0.717, 1.165) is 16.6 Å². The number of aromatic nitrogens is 1. The number of hydrogen-bond acceptors (Lipinski definition) is 5. The van der Waals surface area contributed by atoms with Gasteiger partial charge >= 0.3 is 0 Å². The lowest BCUT2D eigenvalue weighted by molar-refractivity contribution is -0.307. The van der Waals surface area contributed by atoms with Crippen LogP contribution in [0.1, 0.15) is 11.1 Å². The molecule has 0 N–H and O–H groups in total. The van der Waals surface area contributed by atoms with Crippen molar-refractivity contribution in [1.29, 1.82) is 0 Å². The standard InChI is InChI=1S/C17H15NO4/c1-10-6-7-13-14(8-10)22-17(18-13)12-5-3-4-11(2)16(12)21-9-15(19)20/h3-8H,9H2,1-2H3,(H,19,20)/p-1. The highest BCUT2D eigenvalue weighted by Crippen LogP contribution is 2.34. The maximum atomic E-state index is 10.6. The molecule has 0 bridgehead atoms. The Morgan fingerprint density at radius 1 is 1.27 bits per heavy atom. The van der Waals surface area contributed by atoms with Gasteiger partial charge in [0.2, 0.25) is 5.89 Å². The van der Waals surface area contributed by atoms with Crippen LogP contribution < -0.4 is 9.84 Å². The number of carbonyl (C=O) groups excluding carboxylic acids is 1. The van der Waals surface area contributed by atoms with Crippen LogP contribution in [0.15, 0.2) is 40.8 Å². The van der Waals surface area contributed by atoms with Crippen LogP contribution in [-0.4, -0.2) is 17.6 Å². The first kappa shape index (κ1) is 14.1. The Balaban J connectivity index is 2.09. The van der Waals surface area contributed by atoms with Crippen LogP contribution in [0, 0.1) is 13.8 Å². The fourth-order valence-corrected chi connectivity index (χ4v) is 2.29. The van der Waals surface area contributed by atoms with E-state index in [1.165, 1.54) is 0 Å². The van der Waals surface area contributed by atoms with E-state index in [1.807, 2.05) is 44.2 Å². The summed E-state index contributed by atoms with van der Waals surface area (Å²) in [5.41, 5.74) is 3.93. The van der Waals surface area contributed by atoms with Crippen molar-refractivity contribution in [2.24, 2.45) is 0 Å². The Morgan fingerprint density at radius 2 is 2.09 bits per heavy atom. The van der Waals surface area contributed by atoms with Gasteiger partial charge < -0.3 is 19.1 Å². The third-order valence-corrected chi connectivity index (χ3v) is 3.32. The number of nitrogens with zero attached hydrogens (tertiary/aromatic N) is 1. The number of ether oxygens (including phenoxy) is 1. The number of carbonyl (C=O) groups is 1. The summed E-state index contributed by atoms with van der Waals surface area (Å²) in [6.45, 7) is 3.29. The fraction of sp³-hybridized carbons (Fsp3) is 0.176. The van der Waals surface area contributed by atoms with Gasteiger partial charge in [0.05, 0.1) is 11.5 Å². The molecule has 0 saturated heterocycles. The molecule has 2 aromatic carbocycles. The van der Waals surface area contributed by atoms with Gasteiger partial charge in [0.25, 0.3) is 0 Å². The highest BCUT2D eigenvalue weighted by Gasteiger charge is 2.15. The SMILES string of the molecule is Cc1ccc2nc(-c3cccc(C)c3OCC(=O)[O-])oc2c1. The molecule has 0 spiro atoms. The minimum absolute atomic E-state index is 0.401. The van der Waals surface area contributed by atoms with Crippen molar-refractivity contribution in [3.05, 3.63) is 47.5 Å². The molecule has 0 aliphatic rings. The van der Waals surface area contributed by atoms with Gasteiger partial charge in [-0.05, 0) is 43.2 Å². The minimum Gasteiger partial charge on any atom is -0.546 e. The average molecular weight is 296 g/mol. The highest BCUT2D eigenvalue weighted by molar-refractivity contribution is 5.78. The third kappa shape index (κ3) is 2.65. The largest absolute Gasteiger partial charge is 0.546 e. The molecule has 0 radical (unpaired) electrons. The van der Waals surface area contributed by atoms with Gasteiger partial charge in [-0.25, -0.2) is 4.98 Å². The van der Waals surface area contributed by atoms with Crippen LogP contribution in [0.2, 0.25) is 0 Å². The molecule has 0 saturated carbocycles. The number of rotatable bonds is 4. The summed E-state index contributed by atoms with van der Waals surface area (Å²) in [6.07, 6.45) is 0. The average Bonchev–Trinajstić information content (AvgIpc) is 2.88. The molecule has 0 unspecified atom stereocenters. The molecule has 5 nitrogen and oxygen atoms in total. The van der Waals surface area contributed by atoms with Crippen LogP contribution in [0.4, 0.5) is 0 Å². The number of carboxylic acids is 1. The molecule has 112 valence electrons. The molecule has 22 heavy (non-hydrogen) atoms. The Hall–Kier alpha value is -2.82. The van der Waals surface area contributed by atoms with Crippen molar-refractivity contribution in [2.45, 2.75) is 13.8 Å². The summed E-state index contributed by atoms with van der Waals surface area (Å²) in [5.74, 6) is -0.435. The van der Waals surface area contributed by atoms with Crippen LogP contribution in [0.3, 0.4) is 0 Å². The minimum atomic E-state index is -1.28. The van der Waals surface area contributed by atoms with E-state index in [2.05, 4.69) is 4.98 Å². The Bertz CT molecular complexity index is 851. The number of benzene rings is 2. The topological polar surface area (TPSA) is 75.4 Å². The van der Waals surface area contributed by atoms with Crippen molar-refractivity contribution in [3.63, 3.8) is 0 Å². The highest BCUT2D eigenvalue weighted by atomic mass is 16.5. The molecule has 0 aliphatic carbocycles. The van der Waals surface area contributed by atoms with Gasteiger partial charge in [-0.15, -0.1) is 0 Å². The number of fused-ring (bicyclic) bond motifs is 1. The number of hydrogen-bond donors (Lipinski definition) is 0. The van der Waals surface area contributed by atoms with Gasteiger partial charge in [-0.2, -0.15) is 0 Å². The number of oxazole rings is 1. The Kier molecular flexibility index (Phi) is 3.55. The molecule has 3 aromatic rings. The lowest BCUT2D eigenvalue weighted by atomic mass is 10.1. The zero-order chi connectivity index (χ0) is 15.7. The van der Waals surface area contributed by atoms with E-state index in [9.17, 15) is 9.90 Å². The monoisotopic (exact) mass is 296 g/mol. The summed E-state index contributed by atoms with van der Waals surface area (Å²) >= 11 is 0. The van der Waals surface area contributed by atoms with Crippen LogP contribution >= 0.6 is 0 Å². The molecule has 0 aliphatic heterocycles. The van der Waals surface area contributed by atoms with Crippen LogP contribution in [0.25, 0.3) is 22.6 Å². The molecular formula is C17H14NO4-. The molecular weight excluding hydrogens is 282 g/mol. The molecule has 1 heterocycles. The summed E-state index contributed by atoms with van der Waals surface area (Å²) in [7, 11) is 0. The summed E-state index contributed by atoms with van der Waals surface area (Å²) in [5, 5.41) is 10.6. The van der Waals surface area contributed by atoms with Crippen LogP contribution in [-0.2, 0) is 4.79 Å². The molecule has 0 atom stereocenters. The zero-order valence-electron chi connectivity index (χ0n) is 12.3. The van der Waals surface area contributed by atoms with Crippen molar-refractivity contribution < 1.29 is 19.1 Å². The van der Waals surface area contributed by atoms with E-state index in [1.54, 1.807) is 6.07 Å². The van der Waals surface area contributed by atoms with Gasteiger partial charge in [0, 0.05) is 0 Å². The molecule has 0 fully saturated rings. The van der Waals surface area contributed by atoms with Crippen molar-refractivity contribution in [1.82, 2.24) is 4.98 Å². The van der Waals surface area contributed by atoms with Gasteiger partial charge in [-0.3, -0.25) is 0 Å². The Labute approximate surface area is 127 Å². The first-order valence-electron chi connectivity index (χ1n) is 6.84. The van der Waals surface area contributed by atoms with E-state index < -0.39 is 12.6 Å². The lowest BCUT2D eigenvalue weighted by Gasteiger charge is -2.12. The summed E-state index contributed by atoms with van der Waals surface area (Å²) in [4.78, 5) is 15.1. The normalized spacial score (nSPS) is 10.8. The zero-order valence-corrected chi connectivity index (χ0v) is 12.3. The van der Waals surface area contributed by atoms with E-state index >= 15 is 0 Å². The quantitative estimate of drug-likeness (QED) is 0.738. The van der Waals surface area contributed by atoms with Crippen molar-refractivity contribution in [2.75, 3.05) is 6.61 Å². The van der Waals surface area contributed by atoms with Gasteiger partial charge in [0.15, 0.2) is 5.58 Å². The van der Waals surface area contributed by atoms with E-state index in [-0.39, 0.29) is 0 Å². The second kappa shape index (κ2) is 5.52. The van der Waals surface area contributed by atoms with E-state index in [0.29, 0.717) is 22.8 Å². The second-order valence-electron chi connectivity index (χ2n) is 5.10. The van der Waals surface area contributed by atoms with Crippen molar-refractivity contribution >= 4 is 17.1 Å². The second-order valence-corrected chi connectivity index (χ2v) is 5.10. The maximum absolute atomic E-state index is 10.6. The maximum Gasteiger partial charge on any atom is 0.231 e. The predicted molar refractivity (Wildman–Crippen MR) is 79.4 cm³/mol. The fourth-order valence-electron chi connectivity index (χ4n) is 2.29. The number of aryl methyl sites for hydroxylation is 2. The number of carboxylic acid groups (broad SMARTS) is 1. The Morgan fingerprint density at radius 3 is 2.86 bits per heavy atom. The van der Waals surface area contributed by atoms with Gasteiger partial charge in [-0.1, -0.05) is 18.2 Å². The molecule has 1 aromatic heterocycles.